The van der Waals surface area contributed by atoms with Gasteiger partial charge in [-0.25, -0.2) is 4.98 Å². The summed E-state index contributed by atoms with van der Waals surface area (Å²) in [6.45, 7) is 2.64. The Morgan fingerprint density at radius 1 is 1.67 bits per heavy atom. The molecule has 12 heavy (non-hydrogen) atoms. The highest BCUT2D eigenvalue weighted by Crippen LogP contribution is 2.35. The third-order valence-electron chi connectivity index (χ3n) is 2.45. The molecule has 0 bridgehead atoms. The maximum absolute atomic E-state index is 5.52. The predicted octanol–water partition coefficient (Wildman–Crippen LogP) is 1.36. The summed E-state index contributed by atoms with van der Waals surface area (Å²) in [5.74, 6) is 2.42. The molecule has 1 unspecified atom stereocenters. The fraction of sp³-hybridized carbons (Fsp3) is 0.667. The van der Waals surface area contributed by atoms with Crippen molar-refractivity contribution in [2.24, 2.45) is 5.73 Å². The van der Waals surface area contributed by atoms with Gasteiger partial charge in [0.25, 0.3) is 0 Å². The fourth-order valence-corrected chi connectivity index (χ4v) is 1.90. The predicted molar refractivity (Wildman–Crippen MR) is 46.0 cm³/mol. The van der Waals surface area contributed by atoms with E-state index in [4.69, 9.17) is 10.2 Å². The van der Waals surface area contributed by atoms with Gasteiger partial charge in [0.1, 0.15) is 5.76 Å². The van der Waals surface area contributed by atoms with E-state index in [0.29, 0.717) is 5.92 Å². The first-order chi connectivity index (χ1) is 5.81. The summed E-state index contributed by atoms with van der Waals surface area (Å²) < 4.78 is 5.52. The number of nitrogens with two attached hydrogens (primary N) is 1. The monoisotopic (exact) mass is 166 g/mol. The lowest BCUT2D eigenvalue weighted by Gasteiger charge is -2.04. The third kappa shape index (κ3) is 1.14. The summed E-state index contributed by atoms with van der Waals surface area (Å²) in [7, 11) is 0. The van der Waals surface area contributed by atoms with Crippen molar-refractivity contribution in [3.05, 3.63) is 17.3 Å². The second-order valence-electron chi connectivity index (χ2n) is 3.36. The minimum Gasteiger partial charge on any atom is -0.445 e. The van der Waals surface area contributed by atoms with Crippen molar-refractivity contribution in [1.29, 1.82) is 0 Å². The summed E-state index contributed by atoms with van der Waals surface area (Å²) in [5, 5.41) is 0. The highest BCUT2D eigenvalue weighted by molar-refractivity contribution is 5.20. The molecule has 1 aliphatic rings. The number of nitrogens with zero attached hydrogens (tertiary/aromatic N) is 1. The normalized spacial score (nSPS) is 21.3. The van der Waals surface area contributed by atoms with Crippen LogP contribution in [0.25, 0.3) is 0 Å². The van der Waals surface area contributed by atoms with Crippen molar-refractivity contribution in [3.8, 4) is 0 Å². The smallest absolute Gasteiger partial charge is 0.191 e. The van der Waals surface area contributed by atoms with Crippen molar-refractivity contribution >= 4 is 0 Å². The number of aryl methyl sites for hydroxylation is 2. The van der Waals surface area contributed by atoms with Crippen LogP contribution in [0.2, 0.25) is 0 Å². The number of aromatic nitrogens is 1. The van der Waals surface area contributed by atoms with Crippen LogP contribution < -0.4 is 5.73 Å². The molecule has 0 saturated carbocycles. The molecule has 2 N–H and O–H groups in total. The average molecular weight is 166 g/mol. The first-order valence-electron chi connectivity index (χ1n) is 4.47. The van der Waals surface area contributed by atoms with Crippen molar-refractivity contribution < 1.29 is 4.42 Å². The van der Waals surface area contributed by atoms with Gasteiger partial charge in [-0.3, -0.25) is 0 Å². The molecule has 0 radical (unpaired) electrons. The van der Waals surface area contributed by atoms with Crippen LogP contribution in [0.4, 0.5) is 0 Å². The van der Waals surface area contributed by atoms with E-state index in [0.717, 1.165) is 36.7 Å². The number of hydrogen-bond acceptors (Lipinski definition) is 3. The SMILES string of the molecule is Cc1nc2c(o1)C(CCN)CC2. The van der Waals surface area contributed by atoms with E-state index in [9.17, 15) is 0 Å². The fourth-order valence-electron chi connectivity index (χ4n) is 1.90. The summed E-state index contributed by atoms with van der Waals surface area (Å²) in [5.41, 5.74) is 6.67. The quantitative estimate of drug-likeness (QED) is 0.721. The summed E-state index contributed by atoms with van der Waals surface area (Å²) in [6.07, 6.45) is 3.26. The van der Waals surface area contributed by atoms with Crippen molar-refractivity contribution in [3.63, 3.8) is 0 Å². The lowest BCUT2D eigenvalue weighted by Crippen LogP contribution is -2.04. The Morgan fingerprint density at radius 3 is 3.25 bits per heavy atom. The van der Waals surface area contributed by atoms with Gasteiger partial charge in [0.15, 0.2) is 5.89 Å². The summed E-state index contributed by atoms with van der Waals surface area (Å²) >= 11 is 0. The van der Waals surface area contributed by atoms with E-state index >= 15 is 0 Å². The Balaban J connectivity index is 2.22. The Morgan fingerprint density at radius 2 is 2.50 bits per heavy atom. The Labute approximate surface area is 72.0 Å². The second-order valence-corrected chi connectivity index (χ2v) is 3.36. The molecule has 0 fully saturated rings. The van der Waals surface area contributed by atoms with Gasteiger partial charge >= 0.3 is 0 Å². The zero-order valence-corrected chi connectivity index (χ0v) is 7.34. The van der Waals surface area contributed by atoms with Crippen LogP contribution >= 0.6 is 0 Å². The summed E-state index contributed by atoms with van der Waals surface area (Å²) in [6, 6.07) is 0. The molecular formula is C9H14N2O. The molecule has 1 heterocycles. The van der Waals surface area contributed by atoms with Gasteiger partial charge in [-0.2, -0.15) is 0 Å². The number of hydrogen-bond donors (Lipinski definition) is 1. The van der Waals surface area contributed by atoms with Gasteiger partial charge in [0.2, 0.25) is 0 Å². The zero-order chi connectivity index (χ0) is 8.55. The minimum absolute atomic E-state index is 0.534. The van der Waals surface area contributed by atoms with E-state index in [-0.39, 0.29) is 0 Å². The van der Waals surface area contributed by atoms with E-state index < -0.39 is 0 Å². The van der Waals surface area contributed by atoms with Crippen molar-refractivity contribution in [2.75, 3.05) is 6.54 Å². The van der Waals surface area contributed by atoms with Crippen LogP contribution in [0.5, 0.6) is 0 Å². The average Bonchev–Trinajstić information content (AvgIpc) is 2.52. The first kappa shape index (κ1) is 7.80. The molecule has 1 aromatic heterocycles. The van der Waals surface area contributed by atoms with Gasteiger partial charge in [-0.15, -0.1) is 0 Å². The van der Waals surface area contributed by atoms with E-state index in [1.54, 1.807) is 0 Å². The lowest BCUT2D eigenvalue weighted by atomic mass is 10.0. The molecule has 0 aliphatic heterocycles. The first-order valence-corrected chi connectivity index (χ1v) is 4.47. The number of oxazole rings is 1. The highest BCUT2D eigenvalue weighted by Gasteiger charge is 2.27. The van der Waals surface area contributed by atoms with Crippen LogP contribution in [0.1, 0.15) is 36.1 Å². The van der Waals surface area contributed by atoms with E-state index in [1.165, 1.54) is 6.42 Å². The summed E-state index contributed by atoms with van der Waals surface area (Å²) in [4.78, 5) is 4.32. The van der Waals surface area contributed by atoms with Gasteiger partial charge in [-0.05, 0) is 25.8 Å². The third-order valence-corrected chi connectivity index (χ3v) is 2.45. The van der Waals surface area contributed by atoms with E-state index in [1.807, 2.05) is 6.92 Å². The molecule has 0 spiro atoms. The van der Waals surface area contributed by atoms with Gasteiger partial charge < -0.3 is 10.2 Å². The minimum atomic E-state index is 0.534. The van der Waals surface area contributed by atoms with Crippen molar-refractivity contribution in [1.82, 2.24) is 4.98 Å². The molecule has 1 aromatic rings. The molecular weight excluding hydrogens is 152 g/mol. The van der Waals surface area contributed by atoms with Crippen LogP contribution in [-0.4, -0.2) is 11.5 Å². The Kier molecular flexibility index (Phi) is 1.89. The second kappa shape index (κ2) is 2.90. The van der Waals surface area contributed by atoms with Crippen LogP contribution in [0, 0.1) is 6.92 Å². The van der Waals surface area contributed by atoms with Crippen molar-refractivity contribution in [2.45, 2.75) is 32.1 Å². The van der Waals surface area contributed by atoms with E-state index in [2.05, 4.69) is 4.98 Å². The molecule has 2 rings (SSSR count). The van der Waals surface area contributed by atoms with Crippen LogP contribution in [0.15, 0.2) is 4.42 Å². The largest absolute Gasteiger partial charge is 0.445 e. The molecule has 0 saturated heterocycles. The number of rotatable bonds is 2. The molecule has 1 atom stereocenters. The maximum atomic E-state index is 5.52. The molecule has 3 nitrogen and oxygen atoms in total. The highest BCUT2D eigenvalue weighted by atomic mass is 16.4. The van der Waals surface area contributed by atoms with Gasteiger partial charge in [0, 0.05) is 12.8 Å². The topological polar surface area (TPSA) is 52.0 Å². The van der Waals surface area contributed by atoms with Crippen LogP contribution in [0.3, 0.4) is 0 Å². The maximum Gasteiger partial charge on any atom is 0.191 e. The molecule has 3 heteroatoms. The molecule has 0 amide bonds. The zero-order valence-electron chi connectivity index (χ0n) is 7.34. The van der Waals surface area contributed by atoms with Crippen LogP contribution in [-0.2, 0) is 6.42 Å². The van der Waals surface area contributed by atoms with Gasteiger partial charge in [-0.1, -0.05) is 0 Å². The molecule has 0 aromatic carbocycles. The Bertz CT molecular complexity index is 280. The lowest BCUT2D eigenvalue weighted by molar-refractivity contribution is 0.430. The standard InChI is InChI=1S/C9H14N2O/c1-6-11-8-3-2-7(4-5-10)9(8)12-6/h7H,2-5,10H2,1H3. The Hall–Kier alpha value is -0.830. The molecule has 1 aliphatic carbocycles. The van der Waals surface area contributed by atoms with Gasteiger partial charge in [0.05, 0.1) is 5.69 Å². The number of fused-ring (bicyclic) bond motifs is 1. The molecule has 66 valence electrons.